The Hall–Kier alpha value is -3.57. The Labute approximate surface area is 176 Å². The molecule has 3 aromatic carbocycles. The van der Waals surface area contributed by atoms with Crippen LogP contribution in [-0.4, -0.2) is 47.9 Å². The number of fused-ring (bicyclic) bond motifs is 1. The first kappa shape index (κ1) is 19.7. The molecule has 0 aliphatic carbocycles. The summed E-state index contributed by atoms with van der Waals surface area (Å²) in [5.74, 6) is 0.925. The molecule has 4 rings (SSSR count). The molecule has 0 radical (unpaired) electrons. The number of rotatable bonds is 7. The average Bonchev–Trinajstić information content (AvgIpc) is 3.09. The van der Waals surface area contributed by atoms with Crippen molar-refractivity contribution in [3.05, 3.63) is 90.0 Å². The van der Waals surface area contributed by atoms with Gasteiger partial charge in [-0.2, -0.15) is 0 Å². The van der Waals surface area contributed by atoms with E-state index in [-0.39, 0.29) is 5.88 Å². The molecule has 0 saturated carbocycles. The van der Waals surface area contributed by atoms with E-state index in [1.54, 1.807) is 0 Å². The molecule has 5 heteroatoms. The second-order valence-electron chi connectivity index (χ2n) is 7.37. The van der Waals surface area contributed by atoms with E-state index in [0.29, 0.717) is 17.9 Å². The van der Waals surface area contributed by atoms with Crippen molar-refractivity contribution in [1.82, 2.24) is 9.88 Å². The molecule has 4 aromatic rings. The van der Waals surface area contributed by atoms with Gasteiger partial charge in [-0.05, 0) is 44.4 Å². The summed E-state index contributed by atoms with van der Waals surface area (Å²) in [4.78, 5) is 10.0. The number of nitrogens with one attached hydrogen (secondary N) is 1. The average molecular weight is 399 g/mol. The molecule has 0 fully saturated rings. The van der Waals surface area contributed by atoms with Crippen LogP contribution in [-0.2, 0) is 0 Å². The molecule has 2 N–H and O–H groups in total. The third-order valence-corrected chi connectivity index (χ3v) is 4.86. The number of ether oxygens (including phenoxy) is 1. The van der Waals surface area contributed by atoms with Crippen LogP contribution in [0.3, 0.4) is 0 Å². The number of aromatic nitrogens is 1. The number of H-pyrrole nitrogens is 1. The Balaban J connectivity index is 1.72. The molecule has 5 nitrogen and oxygen atoms in total. The Morgan fingerprint density at radius 3 is 2.37 bits per heavy atom. The molecule has 30 heavy (non-hydrogen) atoms. The van der Waals surface area contributed by atoms with Crippen LogP contribution in [0.15, 0.2) is 83.9 Å². The lowest BCUT2D eigenvalue weighted by atomic mass is 10.0. The third kappa shape index (κ3) is 4.36. The number of para-hydroxylation sites is 1. The van der Waals surface area contributed by atoms with Crippen molar-refractivity contribution in [2.45, 2.75) is 0 Å². The summed E-state index contributed by atoms with van der Waals surface area (Å²) in [5, 5.41) is 11.6. The SMILES string of the molecule is CN(C)CCOc1ccc(N=C(c2ccccc2)c2c(O)[nH]c3ccccc23)cc1. The fourth-order valence-corrected chi connectivity index (χ4v) is 3.32. The topological polar surface area (TPSA) is 60.9 Å². The van der Waals surface area contributed by atoms with Gasteiger partial charge in [-0.3, -0.25) is 0 Å². The van der Waals surface area contributed by atoms with E-state index >= 15 is 0 Å². The lowest BCUT2D eigenvalue weighted by molar-refractivity contribution is 0.261. The van der Waals surface area contributed by atoms with Gasteiger partial charge in [0.25, 0.3) is 0 Å². The van der Waals surface area contributed by atoms with E-state index < -0.39 is 0 Å². The first-order valence-corrected chi connectivity index (χ1v) is 9.93. The van der Waals surface area contributed by atoms with Gasteiger partial charge in [0.05, 0.1) is 17.0 Å². The van der Waals surface area contributed by atoms with E-state index in [1.165, 1.54) is 0 Å². The van der Waals surface area contributed by atoms with Crippen LogP contribution in [0.25, 0.3) is 10.9 Å². The van der Waals surface area contributed by atoms with Gasteiger partial charge < -0.3 is 19.7 Å². The highest BCUT2D eigenvalue weighted by atomic mass is 16.5. The standard InChI is InChI=1S/C25H25N3O2/c1-28(2)16-17-30-20-14-12-19(13-15-20)26-24(18-8-4-3-5-9-18)23-21-10-6-7-11-22(21)27-25(23)29/h3-15,27,29H,16-17H2,1-2H3. The number of nitrogens with zero attached hydrogens (tertiary/aromatic N) is 2. The summed E-state index contributed by atoms with van der Waals surface area (Å²) in [5.41, 5.74) is 4.01. The van der Waals surface area contributed by atoms with Gasteiger partial charge >= 0.3 is 0 Å². The van der Waals surface area contributed by atoms with E-state index in [2.05, 4.69) is 9.88 Å². The van der Waals surface area contributed by atoms with Crippen molar-refractivity contribution in [2.75, 3.05) is 27.2 Å². The lowest BCUT2D eigenvalue weighted by Crippen LogP contribution is -2.19. The second kappa shape index (κ2) is 8.84. The van der Waals surface area contributed by atoms with Crippen LogP contribution >= 0.6 is 0 Å². The number of hydrogen-bond donors (Lipinski definition) is 2. The number of likely N-dealkylation sites (N-methyl/N-ethyl adjacent to an activating group) is 1. The molecule has 0 bridgehead atoms. The van der Waals surface area contributed by atoms with E-state index in [4.69, 9.17) is 9.73 Å². The minimum Gasteiger partial charge on any atom is -0.494 e. The van der Waals surface area contributed by atoms with Crippen molar-refractivity contribution in [3.63, 3.8) is 0 Å². The highest BCUT2D eigenvalue weighted by Crippen LogP contribution is 2.31. The fourth-order valence-electron chi connectivity index (χ4n) is 3.32. The molecular formula is C25H25N3O2. The van der Waals surface area contributed by atoms with E-state index in [0.717, 1.165) is 34.4 Å². The largest absolute Gasteiger partial charge is 0.494 e. The van der Waals surface area contributed by atoms with Gasteiger partial charge in [0, 0.05) is 23.0 Å². The van der Waals surface area contributed by atoms with Crippen molar-refractivity contribution in [2.24, 2.45) is 4.99 Å². The number of benzene rings is 3. The van der Waals surface area contributed by atoms with Crippen molar-refractivity contribution in [1.29, 1.82) is 0 Å². The Morgan fingerprint density at radius 1 is 0.933 bits per heavy atom. The zero-order chi connectivity index (χ0) is 20.9. The Morgan fingerprint density at radius 2 is 1.63 bits per heavy atom. The summed E-state index contributed by atoms with van der Waals surface area (Å²) in [6.07, 6.45) is 0. The smallest absolute Gasteiger partial charge is 0.199 e. The van der Waals surface area contributed by atoms with Gasteiger partial charge in [0.15, 0.2) is 5.88 Å². The number of aromatic hydroxyl groups is 1. The van der Waals surface area contributed by atoms with Crippen LogP contribution in [0.1, 0.15) is 11.1 Å². The number of aliphatic imine (C=N–C) groups is 1. The first-order valence-electron chi connectivity index (χ1n) is 9.93. The quantitative estimate of drug-likeness (QED) is 0.431. The summed E-state index contributed by atoms with van der Waals surface area (Å²) < 4.78 is 5.78. The van der Waals surface area contributed by atoms with E-state index in [1.807, 2.05) is 93.0 Å². The van der Waals surface area contributed by atoms with Crippen molar-refractivity contribution in [3.8, 4) is 11.6 Å². The molecule has 0 spiro atoms. The number of hydrogen-bond acceptors (Lipinski definition) is 4. The highest BCUT2D eigenvalue weighted by Gasteiger charge is 2.18. The molecule has 0 amide bonds. The minimum absolute atomic E-state index is 0.113. The molecule has 1 aromatic heterocycles. The summed E-state index contributed by atoms with van der Waals surface area (Å²) >= 11 is 0. The van der Waals surface area contributed by atoms with Crippen molar-refractivity contribution < 1.29 is 9.84 Å². The van der Waals surface area contributed by atoms with Gasteiger partial charge in [0.1, 0.15) is 12.4 Å². The molecule has 0 atom stereocenters. The summed E-state index contributed by atoms with van der Waals surface area (Å²) in [6, 6.07) is 25.4. The second-order valence-corrected chi connectivity index (χ2v) is 7.37. The molecular weight excluding hydrogens is 374 g/mol. The molecule has 0 aliphatic rings. The van der Waals surface area contributed by atoms with E-state index in [9.17, 15) is 5.11 Å². The summed E-state index contributed by atoms with van der Waals surface area (Å²) in [7, 11) is 4.04. The van der Waals surface area contributed by atoms with Crippen molar-refractivity contribution >= 4 is 22.3 Å². The van der Waals surface area contributed by atoms with Gasteiger partial charge in [-0.15, -0.1) is 0 Å². The van der Waals surface area contributed by atoms with Crippen LogP contribution in [0.4, 0.5) is 5.69 Å². The predicted octanol–water partition coefficient (Wildman–Crippen LogP) is 4.98. The molecule has 0 aliphatic heterocycles. The van der Waals surface area contributed by atoms with Gasteiger partial charge in [0.2, 0.25) is 0 Å². The van der Waals surface area contributed by atoms with Crippen LogP contribution in [0, 0.1) is 0 Å². The highest BCUT2D eigenvalue weighted by molar-refractivity contribution is 6.21. The predicted molar refractivity (Wildman–Crippen MR) is 122 cm³/mol. The molecule has 0 unspecified atom stereocenters. The monoisotopic (exact) mass is 399 g/mol. The van der Waals surface area contributed by atoms with Crippen LogP contribution in [0.2, 0.25) is 0 Å². The maximum Gasteiger partial charge on any atom is 0.199 e. The maximum absolute atomic E-state index is 10.7. The molecule has 1 heterocycles. The van der Waals surface area contributed by atoms with Crippen LogP contribution < -0.4 is 4.74 Å². The Bertz CT molecular complexity index is 1150. The molecule has 152 valence electrons. The van der Waals surface area contributed by atoms with Gasteiger partial charge in [-0.25, -0.2) is 4.99 Å². The Kier molecular flexibility index (Phi) is 5.82. The maximum atomic E-state index is 10.7. The third-order valence-electron chi connectivity index (χ3n) is 4.86. The summed E-state index contributed by atoms with van der Waals surface area (Å²) in [6.45, 7) is 1.49. The van der Waals surface area contributed by atoms with Crippen LogP contribution in [0.5, 0.6) is 11.6 Å². The van der Waals surface area contributed by atoms with Gasteiger partial charge in [-0.1, -0.05) is 48.5 Å². The molecule has 0 saturated heterocycles. The fraction of sp³-hybridized carbons (Fsp3) is 0.160. The minimum atomic E-state index is 0.113. The lowest BCUT2D eigenvalue weighted by Gasteiger charge is -2.11. The number of aromatic amines is 1. The first-order chi connectivity index (χ1) is 14.6. The zero-order valence-electron chi connectivity index (χ0n) is 17.2. The zero-order valence-corrected chi connectivity index (χ0v) is 17.2. The normalized spacial score (nSPS) is 11.9.